The first kappa shape index (κ1) is 15.5. The van der Waals surface area contributed by atoms with Gasteiger partial charge >= 0.3 is 6.61 Å². The largest absolute Gasteiger partial charge is 0.487 e. The summed E-state index contributed by atoms with van der Waals surface area (Å²) >= 11 is 3.32. The number of anilines is 1. The van der Waals surface area contributed by atoms with E-state index in [-0.39, 0.29) is 18.0 Å². The zero-order valence-electron chi connectivity index (χ0n) is 10.7. The Morgan fingerprint density at radius 1 is 1.14 bits per heavy atom. The Balaban J connectivity index is 2.15. The van der Waals surface area contributed by atoms with Gasteiger partial charge in [-0.1, -0.05) is 28.1 Å². The maximum absolute atomic E-state index is 13.4. The van der Waals surface area contributed by atoms with E-state index in [1.165, 1.54) is 0 Å². The second-order valence-corrected chi connectivity index (χ2v) is 5.03. The van der Waals surface area contributed by atoms with Crippen molar-refractivity contribution in [1.82, 2.24) is 0 Å². The van der Waals surface area contributed by atoms with Gasteiger partial charge in [0.05, 0.1) is 5.69 Å². The highest BCUT2D eigenvalue weighted by Crippen LogP contribution is 2.31. The van der Waals surface area contributed by atoms with Gasteiger partial charge in [0.2, 0.25) is 0 Å². The molecule has 0 unspecified atom stereocenters. The van der Waals surface area contributed by atoms with Gasteiger partial charge in [0, 0.05) is 16.6 Å². The van der Waals surface area contributed by atoms with Crippen LogP contribution in [0.5, 0.6) is 11.5 Å². The molecule has 0 aromatic heterocycles. The molecule has 21 heavy (non-hydrogen) atoms. The summed E-state index contributed by atoms with van der Waals surface area (Å²) in [5.41, 5.74) is 6.44. The van der Waals surface area contributed by atoms with Crippen LogP contribution in [0.2, 0.25) is 0 Å². The highest BCUT2D eigenvalue weighted by Gasteiger charge is 2.14. The highest BCUT2D eigenvalue weighted by atomic mass is 79.9. The number of alkyl halides is 2. The van der Waals surface area contributed by atoms with Gasteiger partial charge in [0.15, 0.2) is 11.6 Å². The van der Waals surface area contributed by atoms with Crippen molar-refractivity contribution >= 4 is 21.6 Å². The molecule has 0 aliphatic heterocycles. The summed E-state index contributed by atoms with van der Waals surface area (Å²) in [6, 6.07) is 9.21. The topological polar surface area (TPSA) is 44.5 Å². The smallest absolute Gasteiger partial charge is 0.387 e. The molecule has 0 spiro atoms. The lowest BCUT2D eigenvalue weighted by molar-refractivity contribution is -0.0522. The number of nitrogen functional groups attached to an aromatic ring is 1. The normalized spacial score (nSPS) is 10.7. The minimum absolute atomic E-state index is 0.00381. The fourth-order valence-electron chi connectivity index (χ4n) is 1.65. The van der Waals surface area contributed by atoms with Crippen LogP contribution in [0.4, 0.5) is 18.9 Å². The number of ether oxygens (including phenoxy) is 2. The number of hydrogen-bond donors (Lipinski definition) is 1. The molecule has 3 nitrogen and oxygen atoms in total. The minimum atomic E-state index is -3.12. The first-order valence-corrected chi connectivity index (χ1v) is 6.66. The van der Waals surface area contributed by atoms with E-state index in [0.717, 1.165) is 22.2 Å². The molecule has 0 fully saturated rings. The van der Waals surface area contributed by atoms with Crippen LogP contribution in [0.25, 0.3) is 0 Å². The summed E-state index contributed by atoms with van der Waals surface area (Å²) in [4.78, 5) is 0. The zero-order valence-corrected chi connectivity index (χ0v) is 12.2. The Bertz CT molecular complexity index is 638. The molecule has 0 aliphatic rings. The molecule has 0 amide bonds. The second kappa shape index (κ2) is 6.71. The van der Waals surface area contributed by atoms with Crippen molar-refractivity contribution in [3.63, 3.8) is 0 Å². The molecule has 0 saturated heterocycles. The van der Waals surface area contributed by atoms with Crippen LogP contribution in [-0.4, -0.2) is 6.61 Å². The van der Waals surface area contributed by atoms with Crippen molar-refractivity contribution < 1.29 is 22.6 Å². The first-order valence-electron chi connectivity index (χ1n) is 5.87. The molecule has 0 atom stereocenters. The van der Waals surface area contributed by atoms with E-state index in [1.54, 1.807) is 0 Å². The molecule has 2 rings (SSSR count). The minimum Gasteiger partial charge on any atom is -0.487 e. The molecule has 0 aliphatic carbocycles. The summed E-state index contributed by atoms with van der Waals surface area (Å²) in [6.07, 6.45) is 0. The maximum Gasteiger partial charge on any atom is 0.387 e. The molecular formula is C14H11BrF3NO2. The SMILES string of the molecule is Nc1cc(F)c(OC(F)F)cc1OCc1cccc(Br)c1. The lowest BCUT2D eigenvalue weighted by Crippen LogP contribution is -2.06. The Morgan fingerprint density at radius 2 is 1.90 bits per heavy atom. The fourth-order valence-corrected chi connectivity index (χ4v) is 2.10. The van der Waals surface area contributed by atoms with E-state index in [4.69, 9.17) is 10.5 Å². The predicted octanol–water partition coefficient (Wildman–Crippen LogP) is 4.35. The number of rotatable bonds is 5. The van der Waals surface area contributed by atoms with Crippen molar-refractivity contribution in [2.75, 3.05) is 5.73 Å². The number of halogens is 4. The molecule has 0 saturated carbocycles. The Kier molecular flexibility index (Phi) is 4.95. The van der Waals surface area contributed by atoms with E-state index in [0.29, 0.717) is 0 Å². The second-order valence-electron chi connectivity index (χ2n) is 4.12. The van der Waals surface area contributed by atoms with Gasteiger partial charge in [-0.2, -0.15) is 8.78 Å². The summed E-state index contributed by atoms with van der Waals surface area (Å²) in [6.45, 7) is -2.97. The van der Waals surface area contributed by atoms with Gasteiger partial charge in [-0.3, -0.25) is 0 Å². The molecule has 0 heterocycles. The van der Waals surface area contributed by atoms with Crippen LogP contribution in [0.3, 0.4) is 0 Å². The molecular weight excluding hydrogens is 351 g/mol. The molecule has 7 heteroatoms. The van der Waals surface area contributed by atoms with E-state index < -0.39 is 18.2 Å². The van der Waals surface area contributed by atoms with E-state index in [9.17, 15) is 13.2 Å². The third-order valence-electron chi connectivity index (χ3n) is 2.56. The van der Waals surface area contributed by atoms with E-state index >= 15 is 0 Å². The van der Waals surface area contributed by atoms with Crippen LogP contribution in [0, 0.1) is 5.82 Å². The van der Waals surface area contributed by atoms with Crippen LogP contribution < -0.4 is 15.2 Å². The number of hydrogen-bond acceptors (Lipinski definition) is 3. The molecule has 2 aromatic rings. The van der Waals surface area contributed by atoms with Gasteiger partial charge in [-0.15, -0.1) is 0 Å². The quantitative estimate of drug-likeness (QED) is 0.805. The van der Waals surface area contributed by atoms with E-state index in [2.05, 4.69) is 20.7 Å². The first-order chi connectivity index (χ1) is 9.95. The Morgan fingerprint density at radius 3 is 2.57 bits per heavy atom. The molecule has 2 aromatic carbocycles. The van der Waals surface area contributed by atoms with Gasteiger partial charge < -0.3 is 15.2 Å². The third-order valence-corrected chi connectivity index (χ3v) is 3.06. The summed E-state index contributed by atoms with van der Waals surface area (Å²) in [7, 11) is 0. The van der Waals surface area contributed by atoms with Gasteiger partial charge in [0.1, 0.15) is 12.4 Å². The fraction of sp³-hybridized carbons (Fsp3) is 0.143. The summed E-state index contributed by atoms with van der Waals surface area (Å²) in [5, 5.41) is 0. The molecule has 0 radical (unpaired) electrons. The van der Waals surface area contributed by atoms with Crippen molar-refractivity contribution in [2.24, 2.45) is 0 Å². The van der Waals surface area contributed by atoms with E-state index in [1.807, 2.05) is 24.3 Å². The van der Waals surface area contributed by atoms with Gasteiger partial charge in [-0.05, 0) is 17.7 Å². The third kappa shape index (κ3) is 4.29. The number of benzene rings is 2. The maximum atomic E-state index is 13.4. The van der Waals surface area contributed by atoms with Crippen LogP contribution in [0.1, 0.15) is 5.56 Å². The molecule has 2 N–H and O–H groups in total. The zero-order chi connectivity index (χ0) is 15.4. The Hall–Kier alpha value is -1.89. The lowest BCUT2D eigenvalue weighted by atomic mass is 10.2. The summed E-state index contributed by atoms with van der Waals surface area (Å²) < 4.78 is 48.1. The highest BCUT2D eigenvalue weighted by molar-refractivity contribution is 9.10. The monoisotopic (exact) mass is 361 g/mol. The van der Waals surface area contributed by atoms with Crippen molar-refractivity contribution in [2.45, 2.75) is 13.2 Å². The van der Waals surface area contributed by atoms with Crippen LogP contribution in [0.15, 0.2) is 40.9 Å². The van der Waals surface area contributed by atoms with Gasteiger partial charge in [0.25, 0.3) is 0 Å². The predicted molar refractivity (Wildman–Crippen MR) is 75.9 cm³/mol. The number of nitrogens with two attached hydrogens (primary N) is 1. The van der Waals surface area contributed by atoms with Gasteiger partial charge in [-0.25, -0.2) is 4.39 Å². The standard InChI is InChI=1S/C14H11BrF3NO2/c15-9-3-1-2-8(4-9)7-20-13-6-12(21-14(17)18)10(16)5-11(13)19/h1-6,14H,7,19H2. The van der Waals surface area contributed by atoms with Crippen molar-refractivity contribution in [3.8, 4) is 11.5 Å². The Labute approximate surface area is 127 Å². The van der Waals surface area contributed by atoms with Crippen LogP contribution >= 0.6 is 15.9 Å². The lowest BCUT2D eigenvalue weighted by Gasteiger charge is -2.12. The summed E-state index contributed by atoms with van der Waals surface area (Å²) in [5.74, 6) is -1.50. The average Bonchev–Trinajstić information content (AvgIpc) is 2.40. The average molecular weight is 362 g/mol. The molecule has 0 bridgehead atoms. The van der Waals surface area contributed by atoms with Crippen LogP contribution in [-0.2, 0) is 6.61 Å². The molecule has 112 valence electrons. The van der Waals surface area contributed by atoms with Crippen molar-refractivity contribution in [3.05, 3.63) is 52.3 Å². The van der Waals surface area contributed by atoms with Crippen molar-refractivity contribution in [1.29, 1.82) is 0 Å².